The smallest absolute Gasteiger partial charge is 0.335 e. The maximum atomic E-state index is 10.9. The van der Waals surface area contributed by atoms with Crippen LogP contribution in [0.2, 0.25) is 0 Å². The molecule has 0 amide bonds. The highest BCUT2D eigenvalue weighted by Gasteiger charge is 2.06. The van der Waals surface area contributed by atoms with Crippen molar-refractivity contribution in [1.29, 1.82) is 0 Å². The Kier molecular flexibility index (Phi) is 3.74. The van der Waals surface area contributed by atoms with Crippen molar-refractivity contribution in [2.45, 2.75) is 0 Å². The number of benzene rings is 1. The zero-order valence-corrected chi connectivity index (χ0v) is 10.0. The van der Waals surface area contributed by atoms with E-state index in [1.807, 2.05) is 0 Å². The van der Waals surface area contributed by atoms with E-state index >= 15 is 0 Å². The predicted molar refractivity (Wildman–Crippen MR) is 69.1 cm³/mol. The molecule has 0 saturated carbocycles. The monoisotopic (exact) mass is 246 g/mol. The summed E-state index contributed by atoms with van der Waals surface area (Å²) in [6.45, 7) is 1.24. The molecule has 0 spiro atoms. The number of pyridine rings is 1. The molecule has 2 N–H and O–H groups in total. The zero-order valence-electron chi connectivity index (χ0n) is 10.0. The molecule has 0 atom stereocenters. The van der Waals surface area contributed by atoms with Gasteiger partial charge in [-0.25, -0.2) is 9.78 Å². The van der Waals surface area contributed by atoms with E-state index in [1.165, 1.54) is 0 Å². The number of nitrogens with one attached hydrogen (secondary N) is 1. The summed E-state index contributed by atoms with van der Waals surface area (Å²) in [6, 6.07) is 6.78. The van der Waals surface area contributed by atoms with E-state index in [2.05, 4.69) is 10.3 Å². The van der Waals surface area contributed by atoms with Crippen molar-refractivity contribution in [1.82, 2.24) is 4.98 Å². The third kappa shape index (κ3) is 2.57. The molecule has 1 aromatic heterocycles. The number of rotatable bonds is 5. The van der Waals surface area contributed by atoms with E-state index < -0.39 is 5.97 Å². The molecular formula is C13H14N2O3. The van der Waals surface area contributed by atoms with Gasteiger partial charge in [-0.2, -0.15) is 0 Å². The Labute approximate surface area is 104 Å². The molecule has 1 aromatic carbocycles. The van der Waals surface area contributed by atoms with Gasteiger partial charge >= 0.3 is 5.97 Å². The van der Waals surface area contributed by atoms with Gasteiger partial charge in [-0.05, 0) is 29.7 Å². The largest absolute Gasteiger partial charge is 0.478 e. The van der Waals surface area contributed by atoms with E-state index in [4.69, 9.17) is 9.84 Å². The minimum absolute atomic E-state index is 0.275. The Bertz CT molecular complexity index is 569. The normalized spacial score (nSPS) is 10.5. The van der Waals surface area contributed by atoms with Crippen molar-refractivity contribution in [3.8, 4) is 0 Å². The predicted octanol–water partition coefficient (Wildman–Crippen LogP) is 1.99. The average molecular weight is 246 g/mol. The third-order valence-corrected chi connectivity index (χ3v) is 2.61. The summed E-state index contributed by atoms with van der Waals surface area (Å²) >= 11 is 0. The third-order valence-electron chi connectivity index (χ3n) is 2.61. The van der Waals surface area contributed by atoms with Crippen molar-refractivity contribution in [3.63, 3.8) is 0 Å². The van der Waals surface area contributed by atoms with Crippen molar-refractivity contribution in [2.24, 2.45) is 0 Å². The highest BCUT2D eigenvalue weighted by atomic mass is 16.5. The number of aromatic nitrogens is 1. The average Bonchev–Trinajstić information content (AvgIpc) is 2.38. The van der Waals surface area contributed by atoms with E-state index in [1.54, 1.807) is 37.6 Å². The molecule has 0 unspecified atom stereocenters. The molecule has 1 heterocycles. The first-order chi connectivity index (χ1) is 8.72. The van der Waals surface area contributed by atoms with Gasteiger partial charge in [0.25, 0.3) is 0 Å². The summed E-state index contributed by atoms with van der Waals surface area (Å²) in [7, 11) is 1.64. The van der Waals surface area contributed by atoms with Crippen molar-refractivity contribution < 1.29 is 14.6 Å². The summed E-state index contributed by atoms with van der Waals surface area (Å²) in [5.41, 5.74) is 0.275. The Balaban J connectivity index is 2.34. The number of anilines is 1. The highest BCUT2D eigenvalue weighted by molar-refractivity contribution is 5.98. The lowest BCUT2D eigenvalue weighted by Crippen LogP contribution is -2.09. The molecule has 0 aliphatic heterocycles. The van der Waals surface area contributed by atoms with E-state index in [9.17, 15) is 4.79 Å². The minimum atomic E-state index is -0.928. The molecule has 0 fully saturated rings. The van der Waals surface area contributed by atoms with Gasteiger partial charge in [0.05, 0.1) is 12.2 Å². The van der Waals surface area contributed by atoms with Crippen LogP contribution in [0, 0.1) is 0 Å². The quantitative estimate of drug-likeness (QED) is 0.789. The van der Waals surface area contributed by atoms with Crippen LogP contribution in [-0.2, 0) is 4.74 Å². The van der Waals surface area contributed by atoms with Crippen LogP contribution in [0.5, 0.6) is 0 Å². The molecule has 5 nitrogen and oxygen atoms in total. The Morgan fingerprint density at radius 2 is 2.28 bits per heavy atom. The summed E-state index contributed by atoms with van der Waals surface area (Å²) in [5, 5.41) is 13.8. The molecule has 94 valence electrons. The molecular weight excluding hydrogens is 232 g/mol. The molecule has 0 saturated heterocycles. The molecule has 2 aromatic rings. The van der Waals surface area contributed by atoms with Crippen LogP contribution < -0.4 is 5.32 Å². The van der Waals surface area contributed by atoms with Crippen LogP contribution in [-0.4, -0.2) is 36.3 Å². The second-order valence-electron chi connectivity index (χ2n) is 3.82. The second-order valence-corrected chi connectivity index (χ2v) is 3.82. The lowest BCUT2D eigenvalue weighted by atomic mass is 10.1. The summed E-state index contributed by atoms with van der Waals surface area (Å²) in [4.78, 5) is 15.1. The van der Waals surface area contributed by atoms with E-state index in [0.29, 0.717) is 13.2 Å². The van der Waals surface area contributed by atoms with Gasteiger partial charge in [-0.15, -0.1) is 0 Å². The van der Waals surface area contributed by atoms with E-state index in [0.717, 1.165) is 16.6 Å². The Hall–Kier alpha value is -2.14. The molecule has 0 aliphatic rings. The van der Waals surface area contributed by atoms with Crippen molar-refractivity contribution in [3.05, 3.63) is 36.0 Å². The number of carboxylic acid groups (broad SMARTS) is 1. The number of carbonyl (C=O) groups is 1. The van der Waals surface area contributed by atoms with Crippen molar-refractivity contribution >= 4 is 22.6 Å². The van der Waals surface area contributed by atoms with Crippen LogP contribution in [0.15, 0.2) is 30.5 Å². The number of fused-ring (bicyclic) bond motifs is 1. The Morgan fingerprint density at radius 3 is 3.00 bits per heavy atom. The molecule has 2 rings (SSSR count). The number of nitrogens with zero attached hydrogens (tertiary/aromatic N) is 1. The number of ether oxygens (including phenoxy) is 1. The molecule has 0 aliphatic carbocycles. The SMILES string of the molecule is COCCNc1nccc2cc(C(=O)O)ccc12. The fraction of sp³-hybridized carbons (Fsp3) is 0.231. The summed E-state index contributed by atoms with van der Waals surface area (Å²) in [6.07, 6.45) is 1.66. The number of carboxylic acids is 1. The lowest BCUT2D eigenvalue weighted by Gasteiger charge is -2.08. The highest BCUT2D eigenvalue weighted by Crippen LogP contribution is 2.22. The molecule has 0 radical (unpaired) electrons. The first-order valence-electron chi connectivity index (χ1n) is 5.57. The van der Waals surface area contributed by atoms with Gasteiger partial charge in [-0.3, -0.25) is 0 Å². The first kappa shape index (κ1) is 12.3. The minimum Gasteiger partial charge on any atom is -0.478 e. The Morgan fingerprint density at radius 1 is 1.44 bits per heavy atom. The molecule has 5 heteroatoms. The first-order valence-corrected chi connectivity index (χ1v) is 5.57. The number of aromatic carboxylic acids is 1. The fourth-order valence-corrected chi connectivity index (χ4v) is 1.72. The summed E-state index contributed by atoms with van der Waals surface area (Å²) < 4.78 is 4.96. The van der Waals surface area contributed by atoms with Crippen molar-refractivity contribution in [2.75, 3.05) is 25.6 Å². The van der Waals surface area contributed by atoms with Gasteiger partial charge in [0.2, 0.25) is 0 Å². The van der Waals surface area contributed by atoms with Crippen LogP contribution in [0.1, 0.15) is 10.4 Å². The van der Waals surface area contributed by atoms with Gasteiger partial charge in [0.15, 0.2) is 0 Å². The maximum Gasteiger partial charge on any atom is 0.335 e. The van der Waals surface area contributed by atoms with Crippen LogP contribution in [0.3, 0.4) is 0 Å². The van der Waals surface area contributed by atoms with Gasteiger partial charge in [-0.1, -0.05) is 0 Å². The zero-order chi connectivity index (χ0) is 13.0. The number of hydrogen-bond acceptors (Lipinski definition) is 4. The van der Waals surface area contributed by atoms with E-state index in [-0.39, 0.29) is 5.56 Å². The van der Waals surface area contributed by atoms with Gasteiger partial charge in [0, 0.05) is 25.2 Å². The van der Waals surface area contributed by atoms with Crippen LogP contribution in [0.25, 0.3) is 10.8 Å². The molecule has 0 bridgehead atoms. The molecule has 18 heavy (non-hydrogen) atoms. The lowest BCUT2D eigenvalue weighted by molar-refractivity contribution is 0.0697. The fourth-order valence-electron chi connectivity index (χ4n) is 1.72. The number of hydrogen-bond donors (Lipinski definition) is 2. The van der Waals surface area contributed by atoms with Gasteiger partial charge in [0.1, 0.15) is 5.82 Å². The number of methoxy groups -OCH3 is 1. The summed E-state index contributed by atoms with van der Waals surface area (Å²) in [5.74, 6) is -0.191. The topological polar surface area (TPSA) is 71.5 Å². The van der Waals surface area contributed by atoms with Crippen LogP contribution >= 0.6 is 0 Å². The maximum absolute atomic E-state index is 10.9. The van der Waals surface area contributed by atoms with Crippen LogP contribution in [0.4, 0.5) is 5.82 Å². The second kappa shape index (κ2) is 5.46. The van der Waals surface area contributed by atoms with Gasteiger partial charge < -0.3 is 15.2 Å². The standard InChI is InChI=1S/C13H14N2O3/c1-18-7-6-15-12-11-3-2-10(13(16)17)8-9(11)4-5-14-12/h2-5,8H,6-7H2,1H3,(H,14,15)(H,16,17).